The van der Waals surface area contributed by atoms with Crippen LogP contribution in [0.15, 0.2) is 30.4 Å². The van der Waals surface area contributed by atoms with Crippen molar-refractivity contribution in [1.82, 2.24) is 5.32 Å². The first-order chi connectivity index (χ1) is 8.50. The molecule has 0 aromatic heterocycles. The van der Waals surface area contributed by atoms with Crippen LogP contribution in [0, 0.1) is 6.92 Å². The number of nitrogens with one attached hydrogen (secondary N) is 1. The predicted molar refractivity (Wildman–Crippen MR) is 70.8 cm³/mol. The Kier molecular flexibility index (Phi) is 5.39. The summed E-state index contributed by atoms with van der Waals surface area (Å²) in [5, 5.41) is 12.3. The van der Waals surface area contributed by atoms with Gasteiger partial charge in [0.2, 0.25) is 0 Å². The summed E-state index contributed by atoms with van der Waals surface area (Å²) in [6, 6.07) is 4.95. The quantitative estimate of drug-likeness (QED) is 0.599. The van der Waals surface area contributed by atoms with E-state index in [1.807, 2.05) is 13.8 Å². The van der Waals surface area contributed by atoms with E-state index >= 15 is 0 Å². The number of amides is 1. The first-order valence-electron chi connectivity index (χ1n) is 5.80. The Hall–Kier alpha value is -1.81. The molecule has 0 saturated carbocycles. The first kappa shape index (κ1) is 14.3. The summed E-state index contributed by atoms with van der Waals surface area (Å²) in [6.45, 7) is 8.76. The van der Waals surface area contributed by atoms with E-state index in [4.69, 9.17) is 4.74 Å². The van der Waals surface area contributed by atoms with Gasteiger partial charge in [0.1, 0.15) is 5.75 Å². The lowest BCUT2D eigenvalue weighted by molar-refractivity contribution is 0.0924. The maximum Gasteiger partial charge on any atom is 0.255 e. The van der Waals surface area contributed by atoms with E-state index in [9.17, 15) is 9.90 Å². The van der Waals surface area contributed by atoms with Gasteiger partial charge in [-0.3, -0.25) is 4.79 Å². The van der Waals surface area contributed by atoms with Gasteiger partial charge >= 0.3 is 0 Å². The van der Waals surface area contributed by atoms with Gasteiger partial charge < -0.3 is 15.2 Å². The molecule has 4 heteroatoms. The number of benzene rings is 1. The Morgan fingerprint density at radius 3 is 2.83 bits per heavy atom. The molecule has 0 spiro atoms. The number of rotatable bonds is 6. The second-order valence-electron chi connectivity index (χ2n) is 4.29. The molecule has 1 aromatic carbocycles. The summed E-state index contributed by atoms with van der Waals surface area (Å²) in [5.41, 5.74) is 2.13. The van der Waals surface area contributed by atoms with Crippen molar-refractivity contribution in [2.24, 2.45) is 0 Å². The van der Waals surface area contributed by atoms with Crippen molar-refractivity contribution in [2.75, 3.05) is 19.8 Å². The molecule has 0 unspecified atom stereocenters. The molecule has 0 aliphatic rings. The molecule has 18 heavy (non-hydrogen) atoms. The van der Waals surface area contributed by atoms with Crippen LogP contribution in [0.2, 0.25) is 0 Å². The molecule has 0 aliphatic heterocycles. The Bertz CT molecular complexity index is 441. The van der Waals surface area contributed by atoms with Gasteiger partial charge in [0.05, 0.1) is 18.8 Å². The van der Waals surface area contributed by atoms with E-state index in [0.29, 0.717) is 19.8 Å². The van der Waals surface area contributed by atoms with Gasteiger partial charge in [-0.05, 0) is 31.5 Å². The molecule has 0 bridgehead atoms. The zero-order valence-electron chi connectivity index (χ0n) is 10.8. The average Bonchev–Trinajstić information content (AvgIpc) is 2.27. The molecule has 0 aliphatic carbocycles. The fraction of sp³-hybridized carbons (Fsp3) is 0.357. The SMILES string of the molecule is C=C(C)COCCNC(=O)c1ccc(C)cc1O. The zero-order chi connectivity index (χ0) is 13.5. The van der Waals surface area contributed by atoms with Crippen LogP contribution in [-0.4, -0.2) is 30.8 Å². The third kappa shape index (κ3) is 4.59. The minimum Gasteiger partial charge on any atom is -0.507 e. The van der Waals surface area contributed by atoms with Crippen molar-refractivity contribution in [3.8, 4) is 5.75 Å². The van der Waals surface area contributed by atoms with Crippen LogP contribution in [0.1, 0.15) is 22.8 Å². The molecule has 0 fully saturated rings. The number of aryl methyl sites for hydroxylation is 1. The summed E-state index contributed by atoms with van der Waals surface area (Å²) in [6.07, 6.45) is 0. The molecule has 1 aromatic rings. The van der Waals surface area contributed by atoms with E-state index in [-0.39, 0.29) is 17.2 Å². The van der Waals surface area contributed by atoms with Gasteiger partial charge in [-0.2, -0.15) is 0 Å². The van der Waals surface area contributed by atoms with E-state index in [2.05, 4.69) is 11.9 Å². The highest BCUT2D eigenvalue weighted by Gasteiger charge is 2.09. The smallest absolute Gasteiger partial charge is 0.255 e. The number of ether oxygens (including phenoxy) is 1. The number of aromatic hydroxyl groups is 1. The maximum absolute atomic E-state index is 11.7. The highest BCUT2D eigenvalue weighted by atomic mass is 16.5. The van der Waals surface area contributed by atoms with Crippen molar-refractivity contribution < 1.29 is 14.6 Å². The minimum atomic E-state index is -0.300. The van der Waals surface area contributed by atoms with Crippen molar-refractivity contribution in [2.45, 2.75) is 13.8 Å². The second-order valence-corrected chi connectivity index (χ2v) is 4.29. The summed E-state index contributed by atoms with van der Waals surface area (Å²) in [5.74, 6) is -0.304. The van der Waals surface area contributed by atoms with E-state index in [0.717, 1.165) is 11.1 Å². The molecular formula is C14H19NO3. The second kappa shape index (κ2) is 6.81. The van der Waals surface area contributed by atoms with Gasteiger partial charge in [0, 0.05) is 6.54 Å². The number of phenolic OH excluding ortho intramolecular Hbond substituents is 1. The topological polar surface area (TPSA) is 58.6 Å². The highest BCUT2D eigenvalue weighted by Crippen LogP contribution is 2.17. The van der Waals surface area contributed by atoms with Crippen molar-refractivity contribution in [1.29, 1.82) is 0 Å². The lowest BCUT2D eigenvalue weighted by Gasteiger charge is -2.08. The Balaban J connectivity index is 2.39. The summed E-state index contributed by atoms with van der Waals surface area (Å²) >= 11 is 0. The summed E-state index contributed by atoms with van der Waals surface area (Å²) < 4.78 is 5.25. The van der Waals surface area contributed by atoms with Gasteiger partial charge in [0.25, 0.3) is 5.91 Å². The third-order valence-corrected chi connectivity index (χ3v) is 2.28. The molecule has 0 heterocycles. The van der Waals surface area contributed by atoms with Crippen LogP contribution in [0.4, 0.5) is 0 Å². The molecule has 0 atom stereocenters. The van der Waals surface area contributed by atoms with Crippen molar-refractivity contribution in [3.05, 3.63) is 41.5 Å². The van der Waals surface area contributed by atoms with Crippen LogP contribution in [-0.2, 0) is 4.74 Å². The van der Waals surface area contributed by atoms with Crippen molar-refractivity contribution >= 4 is 5.91 Å². The molecule has 98 valence electrons. The molecule has 0 saturated heterocycles. The van der Waals surface area contributed by atoms with Crippen LogP contribution < -0.4 is 5.32 Å². The monoisotopic (exact) mass is 249 g/mol. The van der Waals surface area contributed by atoms with Crippen LogP contribution >= 0.6 is 0 Å². The van der Waals surface area contributed by atoms with Gasteiger partial charge in [-0.25, -0.2) is 0 Å². The lowest BCUT2D eigenvalue weighted by Crippen LogP contribution is -2.27. The number of hydrogen-bond donors (Lipinski definition) is 2. The average molecular weight is 249 g/mol. The van der Waals surface area contributed by atoms with E-state index < -0.39 is 0 Å². The first-order valence-corrected chi connectivity index (χ1v) is 5.80. The molecule has 4 nitrogen and oxygen atoms in total. The fourth-order valence-electron chi connectivity index (χ4n) is 1.41. The number of phenols is 1. The summed E-state index contributed by atoms with van der Waals surface area (Å²) in [7, 11) is 0. The maximum atomic E-state index is 11.7. The lowest BCUT2D eigenvalue weighted by atomic mass is 10.1. The molecule has 0 radical (unpaired) electrons. The highest BCUT2D eigenvalue weighted by molar-refractivity contribution is 5.96. The predicted octanol–water partition coefficient (Wildman–Crippen LogP) is 2.02. The molecule has 2 N–H and O–H groups in total. The molecule has 1 rings (SSSR count). The van der Waals surface area contributed by atoms with Crippen LogP contribution in [0.3, 0.4) is 0 Å². The van der Waals surface area contributed by atoms with Gasteiger partial charge in [0.15, 0.2) is 0 Å². The van der Waals surface area contributed by atoms with Gasteiger partial charge in [-0.1, -0.05) is 18.2 Å². The number of carbonyl (C=O) groups excluding carboxylic acids is 1. The van der Waals surface area contributed by atoms with E-state index in [1.165, 1.54) is 0 Å². The van der Waals surface area contributed by atoms with Crippen LogP contribution in [0.5, 0.6) is 5.75 Å². The van der Waals surface area contributed by atoms with Gasteiger partial charge in [-0.15, -0.1) is 0 Å². The van der Waals surface area contributed by atoms with Crippen molar-refractivity contribution in [3.63, 3.8) is 0 Å². The molecular weight excluding hydrogens is 230 g/mol. The van der Waals surface area contributed by atoms with E-state index in [1.54, 1.807) is 18.2 Å². The third-order valence-electron chi connectivity index (χ3n) is 2.28. The standard InChI is InChI=1S/C14H19NO3/c1-10(2)9-18-7-6-15-14(17)12-5-4-11(3)8-13(12)16/h4-5,8,16H,1,6-7,9H2,2-3H3,(H,15,17). The Morgan fingerprint density at radius 1 is 1.50 bits per heavy atom. The largest absolute Gasteiger partial charge is 0.507 e. The molecule has 1 amide bonds. The normalized spacial score (nSPS) is 10.1. The number of carbonyl (C=O) groups is 1. The zero-order valence-corrected chi connectivity index (χ0v) is 10.8. The summed E-state index contributed by atoms with van der Waals surface area (Å²) in [4.78, 5) is 11.7. The van der Waals surface area contributed by atoms with Crippen LogP contribution in [0.25, 0.3) is 0 Å². The Labute approximate surface area is 107 Å². The Morgan fingerprint density at radius 2 is 2.22 bits per heavy atom. The number of hydrogen-bond acceptors (Lipinski definition) is 3. The fourth-order valence-corrected chi connectivity index (χ4v) is 1.41. The minimum absolute atomic E-state index is 0.00430.